The SMILES string of the molecule is CC(=O)c1ccc(NC(=O)CSc2nnc(N/N=C/c3ccc(Cl)cc3)n2N)cc1. The predicted molar refractivity (Wildman–Crippen MR) is 119 cm³/mol. The Kier molecular flexibility index (Phi) is 7.04. The monoisotopic (exact) mass is 443 g/mol. The van der Waals surface area contributed by atoms with Crippen molar-refractivity contribution in [3.05, 3.63) is 64.7 Å². The van der Waals surface area contributed by atoms with Gasteiger partial charge in [-0.1, -0.05) is 35.5 Å². The number of thioether (sulfide) groups is 1. The average molecular weight is 444 g/mol. The molecule has 0 spiro atoms. The lowest BCUT2D eigenvalue weighted by Crippen LogP contribution is -2.17. The van der Waals surface area contributed by atoms with Crippen LogP contribution in [0.25, 0.3) is 0 Å². The summed E-state index contributed by atoms with van der Waals surface area (Å²) >= 11 is 6.96. The number of nitrogens with two attached hydrogens (primary N) is 1. The second kappa shape index (κ2) is 9.90. The lowest BCUT2D eigenvalue weighted by atomic mass is 10.1. The molecule has 2 aromatic carbocycles. The summed E-state index contributed by atoms with van der Waals surface area (Å²) in [7, 11) is 0. The molecule has 3 aromatic rings. The number of aromatic nitrogens is 3. The summed E-state index contributed by atoms with van der Waals surface area (Å²) in [6.07, 6.45) is 1.59. The van der Waals surface area contributed by atoms with E-state index in [9.17, 15) is 9.59 Å². The highest BCUT2D eigenvalue weighted by atomic mass is 35.5. The quantitative estimate of drug-likeness (QED) is 0.160. The van der Waals surface area contributed by atoms with Crippen molar-refractivity contribution in [2.75, 3.05) is 22.3 Å². The number of halogens is 1. The van der Waals surface area contributed by atoms with E-state index in [4.69, 9.17) is 17.4 Å². The summed E-state index contributed by atoms with van der Waals surface area (Å²) in [5, 5.41) is 15.6. The zero-order valence-electron chi connectivity index (χ0n) is 15.9. The van der Waals surface area contributed by atoms with Crippen LogP contribution in [0, 0.1) is 0 Å². The molecule has 0 aliphatic heterocycles. The minimum absolute atomic E-state index is 0.0346. The number of nitrogens with one attached hydrogen (secondary N) is 2. The largest absolute Gasteiger partial charge is 0.334 e. The number of nitrogens with zero attached hydrogens (tertiary/aromatic N) is 4. The maximum absolute atomic E-state index is 12.1. The fourth-order valence-corrected chi connectivity index (χ4v) is 3.06. The molecule has 0 saturated carbocycles. The van der Waals surface area contributed by atoms with Gasteiger partial charge in [0.05, 0.1) is 12.0 Å². The molecular weight excluding hydrogens is 426 g/mol. The summed E-state index contributed by atoms with van der Waals surface area (Å²) in [4.78, 5) is 23.4. The molecule has 0 aliphatic rings. The van der Waals surface area contributed by atoms with Gasteiger partial charge in [0.2, 0.25) is 11.1 Å². The van der Waals surface area contributed by atoms with Crippen molar-refractivity contribution in [3.63, 3.8) is 0 Å². The van der Waals surface area contributed by atoms with Crippen molar-refractivity contribution in [3.8, 4) is 0 Å². The third kappa shape index (κ3) is 5.82. The minimum atomic E-state index is -0.242. The maximum atomic E-state index is 12.1. The Hall–Kier alpha value is -3.37. The normalized spacial score (nSPS) is 10.9. The Balaban J connectivity index is 1.51. The second-order valence-corrected chi connectivity index (χ2v) is 7.45. The minimum Gasteiger partial charge on any atom is -0.334 e. The number of ketones is 1. The first-order chi connectivity index (χ1) is 14.4. The molecule has 0 atom stereocenters. The predicted octanol–water partition coefficient (Wildman–Crippen LogP) is 3.02. The molecule has 1 aromatic heterocycles. The summed E-state index contributed by atoms with van der Waals surface area (Å²) in [5.74, 6) is 5.97. The molecule has 0 aliphatic carbocycles. The van der Waals surface area contributed by atoms with Crippen LogP contribution >= 0.6 is 23.4 Å². The molecule has 9 nitrogen and oxygen atoms in total. The molecule has 3 rings (SSSR count). The van der Waals surface area contributed by atoms with Crippen molar-refractivity contribution in [1.82, 2.24) is 14.9 Å². The fourth-order valence-electron chi connectivity index (χ4n) is 2.28. The van der Waals surface area contributed by atoms with Gasteiger partial charge >= 0.3 is 0 Å². The second-order valence-electron chi connectivity index (χ2n) is 6.07. The fraction of sp³-hybridized carbons (Fsp3) is 0.105. The van der Waals surface area contributed by atoms with Crippen molar-refractivity contribution >= 4 is 52.9 Å². The highest BCUT2D eigenvalue weighted by molar-refractivity contribution is 7.99. The van der Waals surface area contributed by atoms with Gasteiger partial charge in [0.25, 0.3) is 5.95 Å². The Morgan fingerprint density at radius 2 is 1.87 bits per heavy atom. The molecule has 11 heteroatoms. The van der Waals surface area contributed by atoms with Crippen LogP contribution in [0.4, 0.5) is 11.6 Å². The molecule has 154 valence electrons. The highest BCUT2D eigenvalue weighted by Crippen LogP contribution is 2.18. The Bertz CT molecular complexity index is 1070. The number of hydrazone groups is 1. The van der Waals surface area contributed by atoms with Gasteiger partial charge in [0.15, 0.2) is 5.78 Å². The van der Waals surface area contributed by atoms with Crippen molar-refractivity contribution in [1.29, 1.82) is 0 Å². The standard InChI is InChI=1S/C19H18ClN7O2S/c1-12(28)14-4-8-16(9-5-14)23-17(29)11-30-19-26-25-18(27(19)21)24-22-10-13-2-6-15(20)7-3-13/h2-10H,11,21H2,1H3,(H,23,29)(H,24,25)/b22-10+. The van der Waals surface area contributed by atoms with Gasteiger partial charge in [-0.2, -0.15) is 5.10 Å². The van der Waals surface area contributed by atoms with E-state index in [0.29, 0.717) is 21.4 Å². The summed E-state index contributed by atoms with van der Waals surface area (Å²) in [6.45, 7) is 1.49. The van der Waals surface area contributed by atoms with E-state index in [-0.39, 0.29) is 23.4 Å². The Labute approximate surface area is 181 Å². The van der Waals surface area contributed by atoms with E-state index in [0.717, 1.165) is 17.3 Å². The number of amides is 1. The van der Waals surface area contributed by atoms with E-state index >= 15 is 0 Å². The first kappa shape index (κ1) is 21.3. The van der Waals surface area contributed by atoms with E-state index in [1.165, 1.54) is 11.6 Å². The van der Waals surface area contributed by atoms with Gasteiger partial charge in [-0.3, -0.25) is 9.59 Å². The maximum Gasteiger partial charge on any atom is 0.264 e. The van der Waals surface area contributed by atoms with Gasteiger partial charge < -0.3 is 11.2 Å². The first-order valence-corrected chi connectivity index (χ1v) is 10.1. The average Bonchev–Trinajstić information content (AvgIpc) is 3.08. The number of hydrogen-bond acceptors (Lipinski definition) is 8. The molecular formula is C19H18ClN7O2S. The van der Waals surface area contributed by atoms with E-state index in [1.54, 1.807) is 42.6 Å². The topological polar surface area (TPSA) is 127 Å². The molecule has 0 radical (unpaired) electrons. The van der Waals surface area contributed by atoms with Crippen LogP contribution < -0.4 is 16.6 Å². The lowest BCUT2D eigenvalue weighted by Gasteiger charge is -2.06. The van der Waals surface area contributed by atoms with Crippen LogP contribution in [0.2, 0.25) is 5.02 Å². The van der Waals surface area contributed by atoms with E-state index < -0.39 is 0 Å². The third-order valence-corrected chi connectivity index (χ3v) is 5.02. The molecule has 0 saturated heterocycles. The zero-order chi connectivity index (χ0) is 21.5. The number of rotatable bonds is 8. The van der Waals surface area contributed by atoms with Gasteiger partial charge in [0, 0.05) is 16.3 Å². The van der Waals surface area contributed by atoms with E-state index in [2.05, 4.69) is 26.0 Å². The van der Waals surface area contributed by atoms with Crippen molar-refractivity contribution < 1.29 is 9.59 Å². The van der Waals surface area contributed by atoms with Crippen LogP contribution in [-0.2, 0) is 4.79 Å². The Morgan fingerprint density at radius 1 is 1.17 bits per heavy atom. The number of hydrogen-bond donors (Lipinski definition) is 3. The van der Waals surface area contributed by atoms with Gasteiger partial charge in [-0.15, -0.1) is 10.2 Å². The number of Topliss-reactive ketones (excluding diaryl/α,β-unsaturated/α-hetero) is 1. The summed E-state index contributed by atoms with van der Waals surface area (Å²) in [6, 6.07) is 13.8. The lowest BCUT2D eigenvalue weighted by molar-refractivity contribution is -0.113. The molecule has 30 heavy (non-hydrogen) atoms. The number of benzene rings is 2. The Morgan fingerprint density at radius 3 is 2.53 bits per heavy atom. The molecule has 0 fully saturated rings. The van der Waals surface area contributed by atoms with Crippen molar-refractivity contribution in [2.24, 2.45) is 5.10 Å². The van der Waals surface area contributed by atoms with Gasteiger partial charge in [0.1, 0.15) is 0 Å². The number of anilines is 2. The molecule has 4 N–H and O–H groups in total. The summed E-state index contributed by atoms with van der Waals surface area (Å²) in [5.41, 5.74) is 4.72. The molecule has 1 amide bonds. The molecule has 0 bridgehead atoms. The smallest absolute Gasteiger partial charge is 0.264 e. The van der Waals surface area contributed by atoms with E-state index in [1.807, 2.05) is 12.1 Å². The van der Waals surface area contributed by atoms with Crippen LogP contribution in [0.3, 0.4) is 0 Å². The number of nitrogen functional groups attached to an aromatic ring is 1. The highest BCUT2D eigenvalue weighted by Gasteiger charge is 2.12. The number of carbonyl (C=O) groups excluding carboxylic acids is 2. The number of carbonyl (C=O) groups is 2. The van der Waals surface area contributed by atoms with Gasteiger partial charge in [-0.05, 0) is 48.9 Å². The van der Waals surface area contributed by atoms with Crippen LogP contribution in [0.5, 0.6) is 0 Å². The molecule has 1 heterocycles. The van der Waals surface area contributed by atoms with Gasteiger partial charge in [-0.25, -0.2) is 10.1 Å². The van der Waals surface area contributed by atoms with Crippen LogP contribution in [-0.4, -0.2) is 38.5 Å². The van der Waals surface area contributed by atoms with Crippen molar-refractivity contribution in [2.45, 2.75) is 12.1 Å². The third-order valence-electron chi connectivity index (χ3n) is 3.82. The summed E-state index contributed by atoms with van der Waals surface area (Å²) < 4.78 is 1.21. The first-order valence-electron chi connectivity index (χ1n) is 8.71. The van der Waals surface area contributed by atoms with Crippen LogP contribution in [0.15, 0.2) is 58.8 Å². The zero-order valence-corrected chi connectivity index (χ0v) is 17.4. The van der Waals surface area contributed by atoms with Crippen LogP contribution in [0.1, 0.15) is 22.8 Å². The molecule has 0 unspecified atom stereocenters.